The van der Waals surface area contributed by atoms with E-state index >= 15 is 0 Å². The highest BCUT2D eigenvalue weighted by atomic mass is 32.1. The summed E-state index contributed by atoms with van der Waals surface area (Å²) in [6.07, 6.45) is 0. The van der Waals surface area contributed by atoms with Gasteiger partial charge in [0.05, 0.1) is 13.2 Å². The molecule has 0 aliphatic rings. The maximum Gasteiger partial charge on any atom is 0.112 e. The molecule has 1 N–H and O–H groups in total. The van der Waals surface area contributed by atoms with Crippen LogP contribution in [0.1, 0.15) is 16.3 Å². The molecule has 0 saturated heterocycles. The normalized spacial score (nSPS) is 10.5. The van der Waals surface area contributed by atoms with Gasteiger partial charge in [-0.1, -0.05) is 18.2 Å². The molecular weight excluding hydrogens is 232 g/mol. The van der Waals surface area contributed by atoms with E-state index in [1.165, 1.54) is 5.56 Å². The van der Waals surface area contributed by atoms with Gasteiger partial charge in [0.15, 0.2) is 0 Å². The molecule has 0 amide bonds. The number of nitrogens with zero attached hydrogens (tertiary/aromatic N) is 1. The Bertz CT molecular complexity index is 482. The number of rotatable bonds is 5. The van der Waals surface area contributed by atoms with Crippen LogP contribution >= 0.6 is 11.3 Å². The van der Waals surface area contributed by atoms with Gasteiger partial charge in [0.2, 0.25) is 0 Å². The zero-order chi connectivity index (χ0) is 12.1. The molecule has 2 rings (SSSR count). The van der Waals surface area contributed by atoms with Crippen LogP contribution in [0.3, 0.4) is 0 Å². The zero-order valence-corrected chi connectivity index (χ0v) is 10.9. The smallest absolute Gasteiger partial charge is 0.112 e. The van der Waals surface area contributed by atoms with E-state index in [0.717, 1.165) is 22.9 Å². The average Bonchev–Trinajstić information content (AvgIpc) is 2.74. The third-order valence-corrected chi connectivity index (χ3v) is 3.38. The van der Waals surface area contributed by atoms with Gasteiger partial charge in [-0.15, -0.1) is 11.3 Å². The minimum Gasteiger partial charge on any atom is -0.380 e. The molecule has 0 fully saturated rings. The second kappa shape index (κ2) is 5.80. The summed E-state index contributed by atoms with van der Waals surface area (Å²) in [5.41, 5.74) is 3.36. The first-order chi connectivity index (χ1) is 8.29. The van der Waals surface area contributed by atoms with Crippen LogP contribution in [0.2, 0.25) is 0 Å². The van der Waals surface area contributed by atoms with E-state index < -0.39 is 0 Å². The monoisotopic (exact) mass is 248 g/mol. The number of anilines is 1. The molecule has 0 radical (unpaired) electrons. The molecule has 17 heavy (non-hydrogen) atoms. The number of aromatic nitrogens is 1. The molecule has 0 spiro atoms. The second-order valence-electron chi connectivity index (χ2n) is 3.83. The summed E-state index contributed by atoms with van der Waals surface area (Å²) in [6.45, 7) is 3.40. The van der Waals surface area contributed by atoms with Crippen molar-refractivity contribution in [3.63, 3.8) is 0 Å². The fourth-order valence-corrected chi connectivity index (χ4v) is 2.34. The molecule has 4 heteroatoms. The maximum absolute atomic E-state index is 5.17. The Balaban J connectivity index is 2.03. The molecule has 1 aromatic heterocycles. The predicted octanol–water partition coefficient (Wildman–Crippen LogP) is 3.21. The van der Waals surface area contributed by atoms with Crippen molar-refractivity contribution in [2.24, 2.45) is 0 Å². The molecule has 0 saturated carbocycles. The summed E-state index contributed by atoms with van der Waals surface area (Å²) < 4.78 is 5.17. The van der Waals surface area contributed by atoms with Gasteiger partial charge in [0.1, 0.15) is 5.01 Å². The SMILES string of the molecule is COCc1ccccc1NCc1nc(C)cs1. The summed E-state index contributed by atoms with van der Waals surface area (Å²) in [5, 5.41) is 6.57. The lowest BCUT2D eigenvalue weighted by molar-refractivity contribution is 0.185. The van der Waals surface area contributed by atoms with Crippen molar-refractivity contribution in [1.82, 2.24) is 4.98 Å². The van der Waals surface area contributed by atoms with E-state index in [-0.39, 0.29) is 0 Å². The van der Waals surface area contributed by atoms with Crippen LogP contribution in [0.15, 0.2) is 29.6 Å². The molecule has 0 atom stereocenters. The molecule has 3 nitrogen and oxygen atoms in total. The zero-order valence-electron chi connectivity index (χ0n) is 10.1. The van der Waals surface area contributed by atoms with Gasteiger partial charge in [-0.05, 0) is 13.0 Å². The number of hydrogen-bond donors (Lipinski definition) is 1. The summed E-state index contributed by atoms with van der Waals surface area (Å²) >= 11 is 1.68. The van der Waals surface area contributed by atoms with Crippen LogP contribution in [0.4, 0.5) is 5.69 Å². The van der Waals surface area contributed by atoms with Gasteiger partial charge in [0, 0.05) is 29.4 Å². The van der Waals surface area contributed by atoms with Crippen molar-refractivity contribution in [3.05, 3.63) is 45.9 Å². The molecule has 0 unspecified atom stereocenters. The van der Waals surface area contributed by atoms with E-state index in [4.69, 9.17) is 4.74 Å². The average molecular weight is 248 g/mol. The predicted molar refractivity (Wildman–Crippen MR) is 71.3 cm³/mol. The highest BCUT2D eigenvalue weighted by Crippen LogP contribution is 2.18. The Morgan fingerprint density at radius 2 is 2.18 bits per heavy atom. The lowest BCUT2D eigenvalue weighted by atomic mass is 10.2. The first-order valence-electron chi connectivity index (χ1n) is 5.51. The Kier molecular flexibility index (Phi) is 4.12. The Morgan fingerprint density at radius 1 is 1.35 bits per heavy atom. The Labute approximate surface area is 105 Å². The van der Waals surface area contributed by atoms with Crippen molar-refractivity contribution in [2.45, 2.75) is 20.1 Å². The van der Waals surface area contributed by atoms with E-state index in [9.17, 15) is 0 Å². The van der Waals surface area contributed by atoms with E-state index in [2.05, 4.69) is 27.8 Å². The largest absolute Gasteiger partial charge is 0.380 e. The van der Waals surface area contributed by atoms with Crippen molar-refractivity contribution in [1.29, 1.82) is 0 Å². The number of para-hydroxylation sites is 1. The fourth-order valence-electron chi connectivity index (χ4n) is 1.63. The number of benzene rings is 1. The summed E-state index contributed by atoms with van der Waals surface area (Å²) in [6, 6.07) is 8.18. The molecule has 1 heterocycles. The first kappa shape index (κ1) is 12.1. The molecule has 1 aromatic carbocycles. The van der Waals surface area contributed by atoms with Crippen molar-refractivity contribution >= 4 is 17.0 Å². The fraction of sp³-hybridized carbons (Fsp3) is 0.308. The molecule has 0 aliphatic carbocycles. The third-order valence-electron chi connectivity index (χ3n) is 2.41. The standard InChI is InChI=1S/C13H16N2OS/c1-10-9-17-13(15-10)7-14-12-6-4-3-5-11(12)8-16-2/h3-6,9,14H,7-8H2,1-2H3. The van der Waals surface area contributed by atoms with Crippen LogP contribution in [0, 0.1) is 6.92 Å². The molecular formula is C13H16N2OS. The minimum atomic E-state index is 0.625. The number of nitrogens with one attached hydrogen (secondary N) is 1. The number of aryl methyl sites for hydroxylation is 1. The van der Waals surface area contributed by atoms with E-state index in [1.807, 2.05) is 19.1 Å². The first-order valence-corrected chi connectivity index (χ1v) is 6.39. The van der Waals surface area contributed by atoms with Crippen LogP contribution in [0.5, 0.6) is 0 Å². The lowest BCUT2D eigenvalue weighted by Gasteiger charge is -2.10. The number of methoxy groups -OCH3 is 1. The van der Waals surface area contributed by atoms with Gasteiger partial charge in [0.25, 0.3) is 0 Å². The third kappa shape index (κ3) is 3.28. The summed E-state index contributed by atoms with van der Waals surface area (Å²) in [7, 11) is 1.71. The van der Waals surface area contributed by atoms with Gasteiger partial charge in [-0.3, -0.25) is 0 Å². The van der Waals surface area contributed by atoms with E-state index in [1.54, 1.807) is 18.4 Å². The Hall–Kier alpha value is -1.39. The van der Waals surface area contributed by atoms with Crippen molar-refractivity contribution in [2.75, 3.05) is 12.4 Å². The maximum atomic E-state index is 5.17. The summed E-state index contributed by atoms with van der Waals surface area (Å²) in [5.74, 6) is 0. The second-order valence-corrected chi connectivity index (χ2v) is 4.77. The number of hydrogen-bond acceptors (Lipinski definition) is 4. The van der Waals surface area contributed by atoms with Crippen LogP contribution in [0.25, 0.3) is 0 Å². The van der Waals surface area contributed by atoms with Gasteiger partial charge in [-0.25, -0.2) is 4.98 Å². The molecule has 0 bridgehead atoms. The van der Waals surface area contributed by atoms with Crippen LogP contribution in [-0.2, 0) is 17.9 Å². The van der Waals surface area contributed by atoms with Gasteiger partial charge in [-0.2, -0.15) is 0 Å². The molecule has 2 aromatic rings. The highest BCUT2D eigenvalue weighted by Gasteiger charge is 2.02. The highest BCUT2D eigenvalue weighted by molar-refractivity contribution is 7.09. The van der Waals surface area contributed by atoms with Gasteiger partial charge >= 0.3 is 0 Å². The topological polar surface area (TPSA) is 34.1 Å². The van der Waals surface area contributed by atoms with Gasteiger partial charge < -0.3 is 10.1 Å². The van der Waals surface area contributed by atoms with Crippen LogP contribution in [-0.4, -0.2) is 12.1 Å². The quantitative estimate of drug-likeness (QED) is 0.882. The molecule has 0 aliphatic heterocycles. The lowest BCUT2D eigenvalue weighted by Crippen LogP contribution is -2.02. The van der Waals surface area contributed by atoms with Crippen molar-refractivity contribution < 1.29 is 4.74 Å². The van der Waals surface area contributed by atoms with Crippen LogP contribution < -0.4 is 5.32 Å². The van der Waals surface area contributed by atoms with Crippen molar-refractivity contribution in [3.8, 4) is 0 Å². The summed E-state index contributed by atoms with van der Waals surface area (Å²) in [4.78, 5) is 4.43. The number of ether oxygens (including phenoxy) is 1. The molecule has 90 valence electrons. The van der Waals surface area contributed by atoms with E-state index in [0.29, 0.717) is 6.61 Å². The number of thiazole rings is 1. The Morgan fingerprint density at radius 3 is 2.88 bits per heavy atom. The minimum absolute atomic E-state index is 0.625.